The highest BCUT2D eigenvalue weighted by molar-refractivity contribution is 6.63. The Hall–Kier alpha value is -1.64. The van der Waals surface area contributed by atoms with E-state index in [1.165, 1.54) is 0 Å². The Morgan fingerprint density at radius 2 is 1.60 bits per heavy atom. The normalized spacial score (nSPS) is 10.3. The molecular formula is C16H12Cl2O2. The summed E-state index contributed by atoms with van der Waals surface area (Å²) in [6, 6.07) is 14.0. The second kappa shape index (κ2) is 6.69. The van der Waals surface area contributed by atoms with Gasteiger partial charge in [0.2, 0.25) is 5.24 Å². The Balaban J connectivity index is 2.29. The van der Waals surface area contributed by atoms with Crippen LogP contribution in [-0.4, -0.2) is 11.0 Å². The van der Waals surface area contributed by atoms with Gasteiger partial charge in [0.1, 0.15) is 0 Å². The molecule has 0 N–H and O–H groups in total. The first kappa shape index (κ1) is 14.8. The topological polar surface area (TPSA) is 34.1 Å². The number of carbonyl (C=O) groups is 2. The zero-order valence-corrected chi connectivity index (χ0v) is 12.1. The minimum absolute atomic E-state index is 0.0840. The fraction of sp³-hybridized carbons (Fsp3) is 0.125. The molecule has 2 nitrogen and oxygen atoms in total. The van der Waals surface area contributed by atoms with Gasteiger partial charge >= 0.3 is 0 Å². The van der Waals surface area contributed by atoms with Crippen molar-refractivity contribution in [1.82, 2.24) is 0 Å². The molecule has 4 heteroatoms. The Morgan fingerprint density at radius 1 is 0.950 bits per heavy atom. The molecule has 0 saturated heterocycles. The van der Waals surface area contributed by atoms with Crippen LogP contribution in [0.1, 0.15) is 27.9 Å². The van der Waals surface area contributed by atoms with E-state index in [9.17, 15) is 9.59 Å². The summed E-state index contributed by atoms with van der Waals surface area (Å²) in [6.45, 7) is 0. The van der Waals surface area contributed by atoms with Gasteiger partial charge in [-0.2, -0.15) is 0 Å². The minimum atomic E-state index is -0.404. The Kier molecular flexibility index (Phi) is 4.94. The smallest absolute Gasteiger partial charge is 0.221 e. The predicted octanol–water partition coefficient (Wildman–Crippen LogP) is 4.27. The molecule has 0 unspecified atom stereocenters. The average molecular weight is 307 g/mol. The van der Waals surface area contributed by atoms with Crippen molar-refractivity contribution in [3.8, 4) is 0 Å². The maximum absolute atomic E-state index is 12.5. The van der Waals surface area contributed by atoms with Crippen LogP contribution < -0.4 is 0 Å². The number of hydrogen-bond acceptors (Lipinski definition) is 2. The van der Waals surface area contributed by atoms with Gasteiger partial charge in [0.15, 0.2) is 5.78 Å². The molecule has 0 aliphatic heterocycles. The molecule has 0 aliphatic carbocycles. The van der Waals surface area contributed by atoms with E-state index in [1.807, 2.05) is 12.1 Å². The molecule has 0 saturated carbocycles. The van der Waals surface area contributed by atoms with Gasteiger partial charge in [-0.25, -0.2) is 0 Å². The molecule has 102 valence electrons. The number of hydrogen-bond donors (Lipinski definition) is 0. The lowest BCUT2D eigenvalue weighted by atomic mass is 9.96. The molecule has 0 fully saturated rings. The summed E-state index contributed by atoms with van der Waals surface area (Å²) in [4.78, 5) is 23.3. The van der Waals surface area contributed by atoms with Gasteiger partial charge in [0, 0.05) is 22.6 Å². The summed E-state index contributed by atoms with van der Waals surface area (Å²) in [7, 11) is 0. The van der Waals surface area contributed by atoms with Crippen LogP contribution >= 0.6 is 23.2 Å². The molecule has 20 heavy (non-hydrogen) atoms. The highest BCUT2D eigenvalue weighted by Crippen LogP contribution is 2.18. The monoisotopic (exact) mass is 306 g/mol. The van der Waals surface area contributed by atoms with Crippen LogP contribution in [0.25, 0.3) is 0 Å². The van der Waals surface area contributed by atoms with Crippen LogP contribution in [0.15, 0.2) is 48.5 Å². The van der Waals surface area contributed by atoms with Crippen molar-refractivity contribution in [2.24, 2.45) is 0 Å². The predicted molar refractivity (Wildman–Crippen MR) is 80.5 cm³/mol. The van der Waals surface area contributed by atoms with Crippen molar-refractivity contribution in [1.29, 1.82) is 0 Å². The van der Waals surface area contributed by atoms with Crippen LogP contribution in [0.5, 0.6) is 0 Å². The largest absolute Gasteiger partial charge is 0.289 e. The quantitative estimate of drug-likeness (QED) is 0.610. The first-order valence-corrected chi connectivity index (χ1v) is 6.90. The van der Waals surface area contributed by atoms with Gasteiger partial charge in [-0.3, -0.25) is 9.59 Å². The van der Waals surface area contributed by atoms with Crippen molar-refractivity contribution in [3.05, 3.63) is 70.2 Å². The lowest BCUT2D eigenvalue weighted by molar-refractivity contribution is -0.111. The van der Waals surface area contributed by atoms with Crippen molar-refractivity contribution < 1.29 is 9.59 Å². The van der Waals surface area contributed by atoms with Gasteiger partial charge in [0.25, 0.3) is 0 Å². The highest BCUT2D eigenvalue weighted by atomic mass is 35.5. The summed E-state index contributed by atoms with van der Waals surface area (Å²) in [5, 5.41) is 0.182. The third kappa shape index (κ3) is 3.69. The zero-order valence-electron chi connectivity index (χ0n) is 10.6. The van der Waals surface area contributed by atoms with Crippen LogP contribution in [0.3, 0.4) is 0 Å². The molecule has 0 amide bonds. The second-order valence-corrected chi connectivity index (χ2v) is 5.21. The van der Waals surface area contributed by atoms with Gasteiger partial charge in [-0.05, 0) is 47.9 Å². The first-order valence-electron chi connectivity index (χ1n) is 6.14. The maximum atomic E-state index is 12.5. The van der Waals surface area contributed by atoms with Crippen LogP contribution in [0.2, 0.25) is 5.02 Å². The van der Waals surface area contributed by atoms with Crippen LogP contribution in [0, 0.1) is 0 Å². The molecular weight excluding hydrogens is 295 g/mol. The third-order valence-electron chi connectivity index (χ3n) is 2.96. The Labute approximate surface area is 127 Å². The van der Waals surface area contributed by atoms with E-state index >= 15 is 0 Å². The number of ketones is 1. The Bertz CT molecular complexity index is 633. The van der Waals surface area contributed by atoms with Crippen molar-refractivity contribution in [3.63, 3.8) is 0 Å². The molecule has 2 aromatic rings. The molecule has 2 aromatic carbocycles. The van der Waals surface area contributed by atoms with Crippen molar-refractivity contribution in [2.45, 2.75) is 12.8 Å². The molecule has 2 rings (SSSR count). The number of halogens is 2. The van der Waals surface area contributed by atoms with E-state index in [2.05, 4.69) is 0 Å². The van der Waals surface area contributed by atoms with Crippen molar-refractivity contribution >= 4 is 34.2 Å². The van der Waals surface area contributed by atoms with Crippen LogP contribution in [-0.2, 0) is 11.2 Å². The van der Waals surface area contributed by atoms with E-state index in [-0.39, 0.29) is 12.2 Å². The minimum Gasteiger partial charge on any atom is -0.289 e. The molecule has 0 spiro atoms. The molecule has 0 radical (unpaired) electrons. The first-order chi connectivity index (χ1) is 9.58. The van der Waals surface area contributed by atoms with Gasteiger partial charge in [-0.15, -0.1) is 0 Å². The van der Waals surface area contributed by atoms with Gasteiger partial charge < -0.3 is 0 Å². The second-order valence-electron chi connectivity index (χ2n) is 4.35. The standard InChI is InChI=1S/C16H12Cl2O2/c17-13-8-5-12(6-9-13)16(20)14-4-2-1-3-11(14)7-10-15(18)19/h1-6,8-9H,7,10H2. The summed E-state index contributed by atoms with van der Waals surface area (Å²) in [5.74, 6) is -0.0840. The number of benzene rings is 2. The summed E-state index contributed by atoms with van der Waals surface area (Å²) < 4.78 is 0. The van der Waals surface area contributed by atoms with Crippen LogP contribution in [0.4, 0.5) is 0 Å². The van der Waals surface area contributed by atoms with E-state index < -0.39 is 5.24 Å². The van der Waals surface area contributed by atoms with E-state index in [4.69, 9.17) is 23.2 Å². The summed E-state index contributed by atoms with van der Waals surface area (Å²) in [5.41, 5.74) is 1.98. The maximum Gasteiger partial charge on any atom is 0.221 e. The molecule has 0 aromatic heterocycles. The number of rotatable bonds is 5. The lowest BCUT2D eigenvalue weighted by Crippen LogP contribution is -2.06. The summed E-state index contributed by atoms with van der Waals surface area (Å²) >= 11 is 11.2. The fourth-order valence-electron chi connectivity index (χ4n) is 1.95. The highest BCUT2D eigenvalue weighted by Gasteiger charge is 2.13. The number of carbonyl (C=O) groups excluding carboxylic acids is 2. The average Bonchev–Trinajstić information content (AvgIpc) is 2.45. The van der Waals surface area contributed by atoms with Gasteiger partial charge in [0.05, 0.1) is 0 Å². The van der Waals surface area contributed by atoms with E-state index in [0.717, 1.165) is 5.56 Å². The van der Waals surface area contributed by atoms with E-state index in [1.54, 1.807) is 36.4 Å². The summed E-state index contributed by atoms with van der Waals surface area (Å²) in [6.07, 6.45) is 0.671. The SMILES string of the molecule is O=C(Cl)CCc1ccccc1C(=O)c1ccc(Cl)cc1. The fourth-order valence-corrected chi connectivity index (χ4v) is 2.17. The van der Waals surface area contributed by atoms with E-state index in [0.29, 0.717) is 22.6 Å². The molecule has 0 atom stereocenters. The third-order valence-corrected chi connectivity index (χ3v) is 3.40. The lowest BCUT2D eigenvalue weighted by Gasteiger charge is -2.08. The molecule has 0 heterocycles. The Morgan fingerprint density at radius 3 is 2.25 bits per heavy atom. The molecule has 0 aliphatic rings. The number of aryl methyl sites for hydroxylation is 1. The molecule has 0 bridgehead atoms. The van der Waals surface area contributed by atoms with Gasteiger partial charge in [-0.1, -0.05) is 35.9 Å². The van der Waals surface area contributed by atoms with Crippen molar-refractivity contribution in [2.75, 3.05) is 0 Å². The zero-order chi connectivity index (χ0) is 14.5.